The molecule has 0 amide bonds. The zero-order valence-corrected chi connectivity index (χ0v) is 13.1. The highest BCUT2D eigenvalue weighted by Gasteiger charge is 2.27. The zero-order valence-electron chi connectivity index (χ0n) is 13.1. The van der Waals surface area contributed by atoms with Gasteiger partial charge in [0.15, 0.2) is 0 Å². The van der Waals surface area contributed by atoms with Crippen LogP contribution in [0.2, 0.25) is 0 Å². The van der Waals surface area contributed by atoms with Crippen molar-refractivity contribution >= 4 is 0 Å². The van der Waals surface area contributed by atoms with Crippen molar-refractivity contribution in [3.8, 4) is 0 Å². The van der Waals surface area contributed by atoms with Gasteiger partial charge in [0, 0.05) is 18.8 Å². The lowest BCUT2D eigenvalue weighted by atomic mass is 10.0. The fourth-order valence-electron chi connectivity index (χ4n) is 2.60. The highest BCUT2D eigenvalue weighted by molar-refractivity contribution is 5.13. The summed E-state index contributed by atoms with van der Waals surface area (Å²) in [4.78, 5) is 6.75. The minimum atomic E-state index is 0.0409. The second-order valence-corrected chi connectivity index (χ2v) is 5.35. The first-order valence-corrected chi connectivity index (χ1v) is 7.61. The molecule has 2 heterocycles. The number of aromatic nitrogens is 1. The van der Waals surface area contributed by atoms with Gasteiger partial charge in [0.25, 0.3) is 0 Å². The topological polar surface area (TPSA) is 55.3 Å². The van der Waals surface area contributed by atoms with E-state index in [1.165, 1.54) is 0 Å². The van der Waals surface area contributed by atoms with E-state index in [2.05, 4.69) is 23.7 Å². The predicted octanol–water partition coefficient (Wildman–Crippen LogP) is 3.28. The van der Waals surface area contributed by atoms with Gasteiger partial charge >= 0.3 is 0 Å². The Kier molecular flexibility index (Phi) is 5.53. The smallest absolute Gasteiger partial charge is 0.122 e. The molecule has 0 saturated heterocycles. The van der Waals surface area contributed by atoms with Gasteiger partial charge in [0.2, 0.25) is 0 Å². The van der Waals surface area contributed by atoms with Gasteiger partial charge in [0.05, 0.1) is 11.7 Å². The average Bonchev–Trinajstić information content (AvgIpc) is 2.93. The first-order chi connectivity index (χ1) is 10.2. The van der Waals surface area contributed by atoms with Crippen molar-refractivity contribution in [3.05, 3.63) is 53.7 Å². The molecule has 0 bridgehead atoms. The lowest BCUT2D eigenvalue weighted by Crippen LogP contribution is -2.40. The number of rotatable bonds is 7. The van der Waals surface area contributed by atoms with E-state index in [1.54, 1.807) is 0 Å². The summed E-state index contributed by atoms with van der Waals surface area (Å²) in [6, 6.07) is 10.2. The Labute approximate surface area is 127 Å². The average molecular weight is 287 g/mol. The van der Waals surface area contributed by atoms with Gasteiger partial charge in [-0.3, -0.25) is 9.88 Å². The molecule has 0 aliphatic heterocycles. The van der Waals surface area contributed by atoms with E-state index in [0.717, 1.165) is 36.7 Å². The molecule has 4 heteroatoms. The van der Waals surface area contributed by atoms with Crippen LogP contribution in [0.4, 0.5) is 0 Å². The van der Waals surface area contributed by atoms with Crippen LogP contribution in [0.25, 0.3) is 0 Å². The summed E-state index contributed by atoms with van der Waals surface area (Å²) in [5, 5.41) is 0. The third kappa shape index (κ3) is 3.93. The van der Waals surface area contributed by atoms with Crippen molar-refractivity contribution in [2.45, 2.75) is 45.8 Å². The largest absolute Gasteiger partial charge is 0.465 e. The molecule has 0 spiro atoms. The number of furan rings is 1. The quantitative estimate of drug-likeness (QED) is 0.849. The number of nitrogens with two attached hydrogens (primary N) is 1. The number of hydrogen-bond donors (Lipinski definition) is 1. The summed E-state index contributed by atoms with van der Waals surface area (Å²) in [5.41, 5.74) is 7.42. The second-order valence-electron chi connectivity index (χ2n) is 5.35. The monoisotopic (exact) mass is 287 g/mol. The molecule has 2 N–H and O–H groups in total. The van der Waals surface area contributed by atoms with E-state index in [4.69, 9.17) is 10.2 Å². The van der Waals surface area contributed by atoms with Crippen molar-refractivity contribution < 1.29 is 4.42 Å². The molecule has 2 atom stereocenters. The van der Waals surface area contributed by atoms with Crippen LogP contribution >= 0.6 is 0 Å². The molecule has 0 fully saturated rings. The van der Waals surface area contributed by atoms with Crippen molar-refractivity contribution in [2.24, 2.45) is 5.73 Å². The molecule has 2 aromatic rings. The van der Waals surface area contributed by atoms with Gasteiger partial charge < -0.3 is 10.2 Å². The van der Waals surface area contributed by atoms with Gasteiger partial charge in [-0.1, -0.05) is 19.9 Å². The molecule has 2 unspecified atom stereocenters. The van der Waals surface area contributed by atoms with Crippen LogP contribution in [-0.2, 0) is 6.54 Å². The van der Waals surface area contributed by atoms with Crippen LogP contribution in [0.5, 0.6) is 0 Å². The van der Waals surface area contributed by atoms with E-state index in [-0.39, 0.29) is 12.1 Å². The predicted molar refractivity (Wildman–Crippen MR) is 84.8 cm³/mol. The van der Waals surface area contributed by atoms with Crippen LogP contribution in [0.3, 0.4) is 0 Å². The number of hydrogen-bond acceptors (Lipinski definition) is 4. The minimum Gasteiger partial charge on any atom is -0.465 e. The Morgan fingerprint density at radius 3 is 2.57 bits per heavy atom. The number of aryl methyl sites for hydroxylation is 1. The molecule has 21 heavy (non-hydrogen) atoms. The summed E-state index contributed by atoms with van der Waals surface area (Å²) in [7, 11) is 0. The van der Waals surface area contributed by atoms with Gasteiger partial charge in [-0.2, -0.15) is 0 Å². The van der Waals surface area contributed by atoms with Crippen LogP contribution in [0.1, 0.15) is 43.5 Å². The van der Waals surface area contributed by atoms with Crippen LogP contribution in [0.15, 0.2) is 40.9 Å². The van der Waals surface area contributed by atoms with Crippen LogP contribution < -0.4 is 5.73 Å². The second kappa shape index (κ2) is 7.38. The van der Waals surface area contributed by atoms with Crippen LogP contribution in [0, 0.1) is 6.92 Å². The SMILES string of the molecule is CCC(N)C(c1ccc(C)o1)N(CC)Cc1ccccn1. The van der Waals surface area contributed by atoms with E-state index in [1.807, 2.05) is 43.5 Å². The minimum absolute atomic E-state index is 0.0409. The highest BCUT2D eigenvalue weighted by Crippen LogP contribution is 2.27. The maximum absolute atomic E-state index is 6.37. The van der Waals surface area contributed by atoms with Crippen molar-refractivity contribution in [3.63, 3.8) is 0 Å². The lowest BCUT2D eigenvalue weighted by molar-refractivity contribution is 0.145. The summed E-state index contributed by atoms with van der Waals surface area (Å²) >= 11 is 0. The molecule has 0 radical (unpaired) electrons. The van der Waals surface area contributed by atoms with E-state index < -0.39 is 0 Å². The maximum atomic E-state index is 6.37. The van der Waals surface area contributed by atoms with Crippen molar-refractivity contribution in [1.29, 1.82) is 0 Å². The number of likely N-dealkylation sites (N-methyl/N-ethyl adjacent to an activating group) is 1. The van der Waals surface area contributed by atoms with Gasteiger partial charge in [-0.25, -0.2) is 0 Å². The van der Waals surface area contributed by atoms with Gasteiger partial charge in [-0.15, -0.1) is 0 Å². The molecule has 0 aliphatic rings. The number of pyridine rings is 1. The van der Waals surface area contributed by atoms with E-state index in [0.29, 0.717) is 0 Å². The fraction of sp³-hybridized carbons (Fsp3) is 0.471. The summed E-state index contributed by atoms with van der Waals surface area (Å²) in [6.45, 7) is 7.90. The molecule has 114 valence electrons. The molecule has 0 saturated carbocycles. The highest BCUT2D eigenvalue weighted by atomic mass is 16.3. The summed E-state index contributed by atoms with van der Waals surface area (Å²) < 4.78 is 5.85. The molecule has 4 nitrogen and oxygen atoms in total. The Bertz CT molecular complexity index is 538. The molecule has 2 rings (SSSR count). The number of nitrogens with zero attached hydrogens (tertiary/aromatic N) is 2. The maximum Gasteiger partial charge on any atom is 0.122 e. The van der Waals surface area contributed by atoms with Crippen LogP contribution in [-0.4, -0.2) is 22.5 Å². The lowest BCUT2D eigenvalue weighted by Gasteiger charge is -2.33. The molecule has 0 aliphatic carbocycles. The van der Waals surface area contributed by atoms with Crippen molar-refractivity contribution in [1.82, 2.24) is 9.88 Å². The van der Waals surface area contributed by atoms with Crippen molar-refractivity contribution in [2.75, 3.05) is 6.54 Å². The first-order valence-electron chi connectivity index (χ1n) is 7.61. The normalized spacial score (nSPS) is 14.3. The van der Waals surface area contributed by atoms with E-state index in [9.17, 15) is 0 Å². The summed E-state index contributed by atoms with van der Waals surface area (Å²) in [5.74, 6) is 1.87. The molecular formula is C17H25N3O. The standard InChI is InChI=1S/C17H25N3O/c1-4-15(18)17(16-10-9-13(3)21-16)20(5-2)12-14-8-6-7-11-19-14/h6-11,15,17H,4-5,12,18H2,1-3H3. The molecular weight excluding hydrogens is 262 g/mol. The third-order valence-electron chi connectivity index (χ3n) is 3.82. The molecule has 0 aromatic carbocycles. The fourth-order valence-corrected chi connectivity index (χ4v) is 2.60. The Balaban J connectivity index is 2.25. The Hall–Kier alpha value is -1.65. The molecule has 2 aromatic heterocycles. The Morgan fingerprint density at radius 1 is 1.24 bits per heavy atom. The van der Waals surface area contributed by atoms with Gasteiger partial charge in [0.1, 0.15) is 11.5 Å². The zero-order chi connectivity index (χ0) is 15.2. The summed E-state index contributed by atoms with van der Waals surface area (Å²) in [6.07, 6.45) is 2.73. The first kappa shape index (κ1) is 15.7. The Morgan fingerprint density at radius 2 is 2.05 bits per heavy atom. The van der Waals surface area contributed by atoms with E-state index >= 15 is 0 Å². The third-order valence-corrected chi connectivity index (χ3v) is 3.82. The van der Waals surface area contributed by atoms with Gasteiger partial charge in [-0.05, 0) is 44.2 Å².